The molecule has 0 spiro atoms. The number of hydrogen-bond acceptors (Lipinski definition) is 4. The summed E-state index contributed by atoms with van der Waals surface area (Å²) in [6.07, 6.45) is 3.22. The van der Waals surface area contributed by atoms with Crippen molar-refractivity contribution in [3.63, 3.8) is 0 Å². The molecule has 1 aliphatic carbocycles. The summed E-state index contributed by atoms with van der Waals surface area (Å²) in [5, 5.41) is 3.04. The third-order valence-corrected chi connectivity index (χ3v) is 4.48. The molecule has 1 aliphatic heterocycles. The third kappa shape index (κ3) is 5.76. The monoisotopic (exact) mass is 335 g/mol. The highest BCUT2D eigenvalue weighted by Gasteiger charge is 2.25. The Bertz CT molecular complexity index is 526. The number of carbonyl (C=O) groups is 1. The van der Waals surface area contributed by atoms with E-state index in [2.05, 4.69) is 15.1 Å². The summed E-state index contributed by atoms with van der Waals surface area (Å²) in [5.41, 5.74) is 0. The first-order valence-electron chi connectivity index (χ1n) is 8.81. The van der Waals surface area contributed by atoms with Gasteiger partial charge in [0.2, 0.25) is 5.91 Å². The van der Waals surface area contributed by atoms with Gasteiger partial charge in [0, 0.05) is 38.8 Å². The molecule has 2 fully saturated rings. The minimum Gasteiger partial charge on any atom is -0.494 e. The molecule has 0 aromatic heterocycles. The van der Waals surface area contributed by atoms with Crippen LogP contribution in [0.15, 0.2) is 24.3 Å². The summed E-state index contributed by atoms with van der Waals surface area (Å²) in [6, 6.07) is 6.57. The van der Waals surface area contributed by atoms with Crippen LogP contribution in [0.4, 0.5) is 4.39 Å². The average Bonchev–Trinajstić information content (AvgIpc) is 3.38. The maximum atomic E-state index is 12.8. The second-order valence-electron chi connectivity index (χ2n) is 6.62. The normalized spacial score (nSPS) is 19.2. The van der Waals surface area contributed by atoms with Crippen LogP contribution in [0.3, 0.4) is 0 Å². The van der Waals surface area contributed by atoms with Crippen LogP contribution >= 0.6 is 0 Å². The molecular weight excluding hydrogens is 309 g/mol. The second-order valence-corrected chi connectivity index (χ2v) is 6.62. The highest BCUT2D eigenvalue weighted by molar-refractivity contribution is 5.78. The molecule has 0 atom stereocenters. The second kappa shape index (κ2) is 8.44. The van der Waals surface area contributed by atoms with Crippen LogP contribution in [0.2, 0.25) is 0 Å². The van der Waals surface area contributed by atoms with Crippen molar-refractivity contribution in [2.45, 2.75) is 25.3 Å². The fourth-order valence-corrected chi connectivity index (χ4v) is 2.88. The zero-order valence-electron chi connectivity index (χ0n) is 14.0. The number of hydrogen-bond donors (Lipinski definition) is 1. The zero-order chi connectivity index (χ0) is 16.8. The largest absolute Gasteiger partial charge is 0.494 e. The highest BCUT2D eigenvalue weighted by Crippen LogP contribution is 2.18. The molecule has 1 N–H and O–H groups in total. The lowest BCUT2D eigenvalue weighted by Gasteiger charge is -2.34. The molecule has 0 radical (unpaired) electrons. The lowest BCUT2D eigenvalue weighted by Crippen LogP contribution is -2.49. The Morgan fingerprint density at radius 1 is 1.12 bits per heavy atom. The van der Waals surface area contributed by atoms with Crippen molar-refractivity contribution < 1.29 is 13.9 Å². The fourth-order valence-electron chi connectivity index (χ4n) is 2.88. The van der Waals surface area contributed by atoms with Crippen molar-refractivity contribution >= 4 is 5.91 Å². The maximum Gasteiger partial charge on any atom is 0.234 e. The van der Waals surface area contributed by atoms with Gasteiger partial charge >= 0.3 is 0 Å². The van der Waals surface area contributed by atoms with E-state index in [0.717, 1.165) is 52.0 Å². The molecule has 2 aliphatic rings. The first kappa shape index (κ1) is 17.2. The van der Waals surface area contributed by atoms with Crippen LogP contribution in [-0.2, 0) is 4.79 Å². The molecule has 1 saturated heterocycles. The van der Waals surface area contributed by atoms with Gasteiger partial charge in [0.25, 0.3) is 0 Å². The van der Waals surface area contributed by atoms with Crippen LogP contribution in [0.1, 0.15) is 19.3 Å². The van der Waals surface area contributed by atoms with Gasteiger partial charge in [-0.15, -0.1) is 0 Å². The van der Waals surface area contributed by atoms with Gasteiger partial charge in [-0.05, 0) is 43.5 Å². The topological polar surface area (TPSA) is 44.8 Å². The van der Waals surface area contributed by atoms with Crippen LogP contribution in [0.5, 0.6) is 5.75 Å². The predicted octanol–water partition coefficient (Wildman–Crippen LogP) is 1.49. The molecule has 1 amide bonds. The predicted molar refractivity (Wildman–Crippen MR) is 90.6 cm³/mol. The molecule has 6 heteroatoms. The van der Waals surface area contributed by atoms with E-state index in [1.807, 2.05) is 0 Å². The quantitative estimate of drug-likeness (QED) is 0.731. The van der Waals surface area contributed by atoms with E-state index in [-0.39, 0.29) is 11.7 Å². The van der Waals surface area contributed by atoms with Gasteiger partial charge in [0.1, 0.15) is 11.6 Å². The van der Waals surface area contributed by atoms with E-state index in [9.17, 15) is 9.18 Å². The minimum atomic E-state index is -0.244. The van der Waals surface area contributed by atoms with Crippen molar-refractivity contribution in [3.8, 4) is 5.75 Å². The summed E-state index contributed by atoms with van der Waals surface area (Å²) >= 11 is 0. The summed E-state index contributed by atoms with van der Waals surface area (Å²) in [7, 11) is 0. The fraction of sp³-hybridized carbons (Fsp3) is 0.611. The first-order valence-corrected chi connectivity index (χ1v) is 8.81. The Morgan fingerprint density at radius 2 is 1.79 bits per heavy atom. The average molecular weight is 335 g/mol. The Kier molecular flexibility index (Phi) is 6.04. The molecule has 1 saturated carbocycles. The van der Waals surface area contributed by atoms with E-state index < -0.39 is 0 Å². The van der Waals surface area contributed by atoms with Gasteiger partial charge < -0.3 is 15.0 Å². The van der Waals surface area contributed by atoms with E-state index in [4.69, 9.17) is 4.74 Å². The van der Waals surface area contributed by atoms with Crippen molar-refractivity contribution in [2.24, 2.45) is 0 Å². The number of halogens is 1. The number of nitrogens with one attached hydrogen (secondary N) is 1. The molecule has 24 heavy (non-hydrogen) atoms. The number of amides is 1. The molecule has 1 aromatic rings. The molecule has 1 aromatic carbocycles. The molecule has 0 unspecified atom stereocenters. The van der Waals surface area contributed by atoms with E-state index >= 15 is 0 Å². The molecular formula is C18H26FN3O2. The molecule has 0 bridgehead atoms. The Hall–Kier alpha value is -1.66. The molecule has 1 heterocycles. The SMILES string of the molecule is O=C(CN1CCN(CCCOc2ccc(F)cc2)CC1)NC1CC1. The number of carbonyl (C=O) groups excluding carboxylic acids is 1. The van der Waals surface area contributed by atoms with E-state index in [1.54, 1.807) is 12.1 Å². The summed E-state index contributed by atoms with van der Waals surface area (Å²) < 4.78 is 18.4. The number of rotatable bonds is 8. The van der Waals surface area contributed by atoms with Crippen molar-refractivity contribution in [3.05, 3.63) is 30.1 Å². The minimum absolute atomic E-state index is 0.165. The smallest absolute Gasteiger partial charge is 0.234 e. The van der Waals surface area contributed by atoms with Gasteiger partial charge in [0.05, 0.1) is 13.2 Å². The van der Waals surface area contributed by atoms with E-state index in [1.165, 1.54) is 12.1 Å². The molecule has 132 valence electrons. The lowest BCUT2D eigenvalue weighted by molar-refractivity contribution is -0.122. The van der Waals surface area contributed by atoms with E-state index in [0.29, 0.717) is 24.9 Å². The molecule has 5 nitrogen and oxygen atoms in total. The number of benzene rings is 1. The van der Waals surface area contributed by atoms with Crippen LogP contribution in [-0.4, -0.2) is 67.6 Å². The van der Waals surface area contributed by atoms with Gasteiger partial charge in [0.15, 0.2) is 0 Å². The summed E-state index contributed by atoms with van der Waals surface area (Å²) in [5.74, 6) is 0.632. The van der Waals surface area contributed by atoms with Gasteiger partial charge in [-0.25, -0.2) is 4.39 Å². The van der Waals surface area contributed by atoms with Crippen LogP contribution < -0.4 is 10.1 Å². The van der Waals surface area contributed by atoms with Crippen molar-refractivity contribution in [1.29, 1.82) is 0 Å². The van der Waals surface area contributed by atoms with Crippen molar-refractivity contribution in [1.82, 2.24) is 15.1 Å². The van der Waals surface area contributed by atoms with Gasteiger partial charge in [-0.2, -0.15) is 0 Å². The third-order valence-electron chi connectivity index (χ3n) is 4.48. The summed E-state index contributed by atoms with van der Waals surface area (Å²) in [4.78, 5) is 16.4. The standard InChI is InChI=1S/C18H26FN3O2/c19-15-2-6-17(7-3-15)24-13-1-8-21-9-11-22(12-10-21)14-18(23)20-16-4-5-16/h2-3,6-7,16H,1,4-5,8-14H2,(H,20,23). The number of ether oxygens (including phenoxy) is 1. The first-order chi connectivity index (χ1) is 11.7. The number of piperazine rings is 1. The maximum absolute atomic E-state index is 12.8. The molecule has 3 rings (SSSR count). The van der Waals surface area contributed by atoms with Crippen LogP contribution in [0.25, 0.3) is 0 Å². The Balaban J connectivity index is 1.25. The van der Waals surface area contributed by atoms with Gasteiger partial charge in [-0.1, -0.05) is 0 Å². The number of nitrogens with zero attached hydrogens (tertiary/aromatic N) is 2. The Morgan fingerprint density at radius 3 is 2.46 bits per heavy atom. The Labute approximate surface area is 142 Å². The van der Waals surface area contributed by atoms with Gasteiger partial charge in [-0.3, -0.25) is 9.69 Å². The zero-order valence-corrected chi connectivity index (χ0v) is 14.0. The van der Waals surface area contributed by atoms with Crippen molar-refractivity contribution in [2.75, 3.05) is 45.9 Å². The van der Waals surface area contributed by atoms with Crippen LogP contribution in [0, 0.1) is 5.82 Å². The highest BCUT2D eigenvalue weighted by atomic mass is 19.1. The lowest BCUT2D eigenvalue weighted by atomic mass is 10.3. The summed E-state index contributed by atoms with van der Waals surface area (Å²) in [6.45, 7) is 6.02.